The van der Waals surface area contributed by atoms with E-state index in [1.807, 2.05) is 16.7 Å². The molecule has 0 spiro atoms. The van der Waals surface area contributed by atoms with Crippen LogP contribution >= 0.6 is 0 Å². The number of pyridine rings is 1. The number of aliphatic hydroxyl groups excluding tert-OH is 1. The fourth-order valence-electron chi connectivity index (χ4n) is 4.09. The quantitative estimate of drug-likeness (QED) is 0.477. The third kappa shape index (κ3) is 5.78. The topological polar surface area (TPSA) is 116 Å². The monoisotopic (exact) mass is 475 g/mol. The molecule has 0 saturated carbocycles. The van der Waals surface area contributed by atoms with Crippen LogP contribution in [-0.4, -0.2) is 67.5 Å². The van der Waals surface area contributed by atoms with Crippen molar-refractivity contribution in [1.29, 1.82) is 0 Å². The van der Waals surface area contributed by atoms with Crippen LogP contribution in [0.3, 0.4) is 0 Å². The maximum absolute atomic E-state index is 12.5. The van der Waals surface area contributed by atoms with Gasteiger partial charge in [0.15, 0.2) is 16.9 Å². The molecule has 9 nitrogen and oxygen atoms in total. The van der Waals surface area contributed by atoms with Gasteiger partial charge in [-0.05, 0) is 29.5 Å². The van der Waals surface area contributed by atoms with Crippen molar-refractivity contribution in [3.63, 3.8) is 0 Å². The molecule has 0 aliphatic carbocycles. The number of rotatable bonds is 11. The van der Waals surface area contributed by atoms with Gasteiger partial charge in [-0.3, -0.25) is 4.79 Å². The lowest BCUT2D eigenvalue weighted by atomic mass is 9.78. The van der Waals surface area contributed by atoms with Gasteiger partial charge in [-0.25, -0.2) is 4.79 Å². The molecule has 1 aromatic heterocycles. The summed E-state index contributed by atoms with van der Waals surface area (Å²) in [5.41, 5.74) is 1.51. The van der Waals surface area contributed by atoms with Gasteiger partial charge in [-0.2, -0.15) is 0 Å². The average Bonchev–Trinajstić information content (AvgIpc) is 2.78. The summed E-state index contributed by atoms with van der Waals surface area (Å²) in [6.07, 6.45) is 2.10. The minimum Gasteiger partial charge on any atom is -0.493 e. The van der Waals surface area contributed by atoms with Crippen LogP contribution in [0.4, 0.5) is 0 Å². The van der Waals surface area contributed by atoms with E-state index >= 15 is 0 Å². The molecule has 0 radical (unpaired) electrons. The van der Waals surface area contributed by atoms with Gasteiger partial charge in [0, 0.05) is 23.9 Å². The van der Waals surface area contributed by atoms with Gasteiger partial charge in [0.25, 0.3) is 0 Å². The summed E-state index contributed by atoms with van der Waals surface area (Å²) in [4.78, 5) is 24.1. The Morgan fingerprint density at radius 3 is 2.35 bits per heavy atom. The molecule has 3 rings (SSSR count). The van der Waals surface area contributed by atoms with Crippen LogP contribution in [-0.2, 0) is 15.9 Å². The number of nitrogens with zero attached hydrogens (tertiary/aromatic N) is 1. The predicted molar refractivity (Wildman–Crippen MR) is 126 cm³/mol. The second-order valence-corrected chi connectivity index (χ2v) is 9.19. The lowest BCUT2D eigenvalue weighted by Crippen LogP contribution is -2.32. The van der Waals surface area contributed by atoms with E-state index in [2.05, 4.69) is 20.8 Å². The molecule has 1 atom stereocenters. The Kier molecular flexibility index (Phi) is 8.35. The standard InChI is InChI=1S/C25H33NO8/c1-25(2,3)23-12-16-11-22(34-10-9-33-8-7-32-6-5-27)21(31-4)13-17(16)19-14-20(28)18(24(29)30)15-26(19)23/h11,13-15,23,27H,5-10,12H2,1-4H3,(H,29,30). The first-order chi connectivity index (χ1) is 16.2. The molecule has 0 saturated heterocycles. The number of benzene rings is 1. The van der Waals surface area contributed by atoms with E-state index < -0.39 is 11.4 Å². The summed E-state index contributed by atoms with van der Waals surface area (Å²) in [6.45, 7) is 8.03. The Hall–Kier alpha value is -2.88. The lowest BCUT2D eigenvalue weighted by molar-refractivity contribution is 0.0245. The molecule has 1 unspecified atom stereocenters. The predicted octanol–water partition coefficient (Wildman–Crippen LogP) is 2.77. The van der Waals surface area contributed by atoms with Crippen LogP contribution in [0, 0.1) is 5.41 Å². The van der Waals surface area contributed by atoms with Crippen LogP contribution < -0.4 is 14.9 Å². The smallest absolute Gasteiger partial charge is 0.341 e. The SMILES string of the molecule is COc1cc2c(cc1OCCOCCOCCO)CC(C(C)(C)C)n1cc(C(=O)O)c(=O)cc1-2. The summed E-state index contributed by atoms with van der Waals surface area (Å²) in [5, 5.41) is 18.2. The molecular weight excluding hydrogens is 442 g/mol. The molecule has 0 bridgehead atoms. The number of methoxy groups -OCH3 is 1. The van der Waals surface area contributed by atoms with Crippen molar-refractivity contribution >= 4 is 5.97 Å². The van der Waals surface area contributed by atoms with E-state index in [1.165, 1.54) is 12.3 Å². The second-order valence-electron chi connectivity index (χ2n) is 9.19. The van der Waals surface area contributed by atoms with Crippen LogP contribution in [0.15, 0.2) is 29.2 Å². The van der Waals surface area contributed by atoms with Crippen molar-refractivity contribution in [2.45, 2.75) is 33.2 Å². The Morgan fingerprint density at radius 2 is 1.74 bits per heavy atom. The highest BCUT2D eigenvalue weighted by Gasteiger charge is 2.34. The number of aromatic nitrogens is 1. The van der Waals surface area contributed by atoms with Gasteiger partial charge in [0.1, 0.15) is 12.2 Å². The van der Waals surface area contributed by atoms with Gasteiger partial charge in [-0.1, -0.05) is 20.8 Å². The van der Waals surface area contributed by atoms with E-state index in [0.29, 0.717) is 50.0 Å². The number of aliphatic hydroxyl groups is 1. The number of ether oxygens (including phenoxy) is 4. The summed E-state index contributed by atoms with van der Waals surface area (Å²) in [7, 11) is 1.55. The maximum atomic E-state index is 12.5. The van der Waals surface area contributed by atoms with E-state index in [4.69, 9.17) is 24.1 Å². The van der Waals surface area contributed by atoms with E-state index in [-0.39, 0.29) is 30.2 Å². The molecule has 186 valence electrons. The fourth-order valence-corrected chi connectivity index (χ4v) is 4.09. The highest BCUT2D eigenvalue weighted by Crippen LogP contribution is 2.45. The Balaban J connectivity index is 1.88. The van der Waals surface area contributed by atoms with Gasteiger partial charge in [-0.15, -0.1) is 0 Å². The van der Waals surface area contributed by atoms with Crippen molar-refractivity contribution < 1.29 is 34.0 Å². The average molecular weight is 476 g/mol. The Bertz CT molecular complexity index is 1070. The number of aromatic carboxylic acids is 1. The van der Waals surface area contributed by atoms with Crippen LogP contribution in [0.2, 0.25) is 0 Å². The highest BCUT2D eigenvalue weighted by atomic mass is 16.6. The summed E-state index contributed by atoms with van der Waals surface area (Å²) < 4.78 is 24.0. The molecule has 1 aliphatic rings. The Labute approximate surface area is 198 Å². The largest absolute Gasteiger partial charge is 0.493 e. The lowest BCUT2D eigenvalue weighted by Gasteiger charge is -2.39. The van der Waals surface area contributed by atoms with Gasteiger partial charge >= 0.3 is 5.97 Å². The fraction of sp³-hybridized carbons (Fsp3) is 0.520. The second kappa shape index (κ2) is 11.0. The highest BCUT2D eigenvalue weighted by molar-refractivity contribution is 5.88. The van der Waals surface area contributed by atoms with Crippen LogP contribution in [0.25, 0.3) is 11.3 Å². The first-order valence-electron chi connectivity index (χ1n) is 11.3. The van der Waals surface area contributed by atoms with Crippen molar-refractivity contribution in [1.82, 2.24) is 4.57 Å². The molecule has 2 N–H and O–H groups in total. The first-order valence-corrected chi connectivity index (χ1v) is 11.3. The third-order valence-electron chi connectivity index (χ3n) is 5.82. The zero-order valence-electron chi connectivity index (χ0n) is 20.1. The number of carboxylic acids is 1. The van der Waals surface area contributed by atoms with Gasteiger partial charge < -0.3 is 33.7 Å². The normalized spacial score (nSPS) is 14.9. The van der Waals surface area contributed by atoms with Crippen molar-refractivity contribution in [2.75, 3.05) is 46.8 Å². The minimum atomic E-state index is -1.23. The first kappa shape index (κ1) is 25.7. The van der Waals surface area contributed by atoms with Crippen LogP contribution in [0.1, 0.15) is 42.7 Å². The molecule has 2 aromatic rings. The van der Waals surface area contributed by atoms with Gasteiger partial charge in [0.05, 0.1) is 45.8 Å². The molecule has 2 heterocycles. The molecule has 0 amide bonds. The minimum absolute atomic E-state index is 0.0167. The van der Waals surface area contributed by atoms with Crippen molar-refractivity contribution in [2.24, 2.45) is 5.41 Å². The van der Waals surface area contributed by atoms with E-state index in [9.17, 15) is 14.7 Å². The molecular formula is C25H33NO8. The maximum Gasteiger partial charge on any atom is 0.341 e. The molecule has 0 fully saturated rings. The van der Waals surface area contributed by atoms with Gasteiger partial charge in [0.2, 0.25) is 0 Å². The number of hydrogen-bond donors (Lipinski definition) is 2. The van der Waals surface area contributed by atoms with Crippen LogP contribution in [0.5, 0.6) is 11.5 Å². The molecule has 34 heavy (non-hydrogen) atoms. The summed E-state index contributed by atoms with van der Waals surface area (Å²) >= 11 is 0. The number of hydrogen-bond acceptors (Lipinski definition) is 7. The molecule has 1 aromatic carbocycles. The number of carbonyl (C=O) groups is 1. The third-order valence-corrected chi connectivity index (χ3v) is 5.82. The van der Waals surface area contributed by atoms with Crippen molar-refractivity contribution in [3.8, 4) is 22.8 Å². The summed E-state index contributed by atoms with van der Waals surface area (Å²) in [6, 6.07) is 5.10. The van der Waals surface area contributed by atoms with Crippen molar-refractivity contribution in [3.05, 3.63) is 45.7 Å². The summed E-state index contributed by atoms with van der Waals surface area (Å²) in [5.74, 6) is -0.144. The zero-order valence-corrected chi connectivity index (χ0v) is 20.1. The Morgan fingerprint density at radius 1 is 1.06 bits per heavy atom. The molecule has 1 aliphatic heterocycles. The zero-order chi connectivity index (χ0) is 24.9. The molecule has 9 heteroatoms. The van der Waals surface area contributed by atoms with E-state index in [1.54, 1.807) is 7.11 Å². The number of carboxylic acid groups (broad SMARTS) is 1. The number of fused-ring (bicyclic) bond motifs is 3. The van der Waals surface area contributed by atoms with E-state index in [0.717, 1.165) is 11.1 Å².